The lowest BCUT2D eigenvalue weighted by Gasteiger charge is -2.16. The van der Waals surface area contributed by atoms with E-state index in [0.717, 1.165) is 12.8 Å². The highest BCUT2D eigenvalue weighted by Gasteiger charge is 2.19. The maximum absolute atomic E-state index is 11.8. The van der Waals surface area contributed by atoms with Gasteiger partial charge in [-0.2, -0.15) is 0 Å². The lowest BCUT2D eigenvalue weighted by Crippen LogP contribution is -2.19. The Morgan fingerprint density at radius 3 is 1.04 bits per heavy atom. The molecule has 0 aromatic heterocycles. The Bertz CT molecular complexity index is 300. The van der Waals surface area contributed by atoms with Crippen LogP contribution in [0.25, 0.3) is 0 Å². The van der Waals surface area contributed by atoms with Crippen LogP contribution < -0.4 is 0 Å². The molecule has 0 saturated heterocycles. The molecule has 0 aromatic rings. The number of carbonyl (C=O) groups is 1. The smallest absolute Gasteiger partial charge is 0.138 e. The SMILES string of the molecule is CCCCCCCCCCCCCCCCCCCCC(=O)C(C)(C)C. The van der Waals surface area contributed by atoms with Crippen LogP contribution in [0.5, 0.6) is 0 Å². The van der Waals surface area contributed by atoms with E-state index >= 15 is 0 Å². The van der Waals surface area contributed by atoms with E-state index < -0.39 is 0 Å². The summed E-state index contributed by atoms with van der Waals surface area (Å²) < 4.78 is 0. The largest absolute Gasteiger partial charge is 0.299 e. The van der Waals surface area contributed by atoms with Crippen molar-refractivity contribution in [3.05, 3.63) is 0 Å². The van der Waals surface area contributed by atoms with Crippen molar-refractivity contribution in [2.45, 2.75) is 150 Å². The number of hydrogen-bond donors (Lipinski definition) is 0. The molecule has 0 aliphatic heterocycles. The molecule has 0 heterocycles. The Kier molecular flexibility index (Phi) is 17.8. The predicted octanol–water partition coefficient (Wildman–Crippen LogP) is 9.03. The zero-order valence-electron chi connectivity index (χ0n) is 18.8. The van der Waals surface area contributed by atoms with Gasteiger partial charge in [0.05, 0.1) is 0 Å². The van der Waals surface area contributed by atoms with Crippen molar-refractivity contribution < 1.29 is 4.79 Å². The van der Waals surface area contributed by atoms with Crippen LogP contribution in [0.15, 0.2) is 0 Å². The monoisotopic (exact) mass is 366 g/mol. The molecule has 0 aromatic carbocycles. The number of hydrogen-bond acceptors (Lipinski definition) is 1. The van der Waals surface area contributed by atoms with Gasteiger partial charge in [0.1, 0.15) is 5.78 Å². The summed E-state index contributed by atoms with van der Waals surface area (Å²) >= 11 is 0. The molecule has 0 fully saturated rings. The van der Waals surface area contributed by atoms with Gasteiger partial charge in [0, 0.05) is 11.8 Å². The van der Waals surface area contributed by atoms with Gasteiger partial charge in [0.15, 0.2) is 0 Å². The van der Waals surface area contributed by atoms with Crippen LogP contribution in [0.4, 0.5) is 0 Å². The quantitative estimate of drug-likeness (QED) is 0.208. The van der Waals surface area contributed by atoms with Gasteiger partial charge in [0.25, 0.3) is 0 Å². The number of carbonyl (C=O) groups excluding carboxylic acids is 1. The van der Waals surface area contributed by atoms with Gasteiger partial charge in [-0.1, -0.05) is 137 Å². The van der Waals surface area contributed by atoms with Crippen LogP contribution in [0.3, 0.4) is 0 Å². The van der Waals surface area contributed by atoms with Gasteiger partial charge in [0.2, 0.25) is 0 Å². The first-order valence-corrected chi connectivity index (χ1v) is 12.0. The molecule has 0 radical (unpaired) electrons. The van der Waals surface area contributed by atoms with Crippen molar-refractivity contribution >= 4 is 5.78 Å². The molecule has 0 atom stereocenters. The Hall–Kier alpha value is -0.330. The van der Waals surface area contributed by atoms with Crippen LogP contribution in [-0.2, 0) is 4.79 Å². The third-order valence-corrected chi connectivity index (χ3v) is 5.59. The van der Waals surface area contributed by atoms with E-state index in [9.17, 15) is 4.79 Å². The zero-order chi connectivity index (χ0) is 19.5. The van der Waals surface area contributed by atoms with E-state index in [1.807, 2.05) is 20.8 Å². The van der Waals surface area contributed by atoms with Crippen molar-refractivity contribution in [1.82, 2.24) is 0 Å². The fourth-order valence-electron chi connectivity index (χ4n) is 3.56. The predicted molar refractivity (Wildman–Crippen MR) is 118 cm³/mol. The molecule has 26 heavy (non-hydrogen) atoms. The van der Waals surface area contributed by atoms with Gasteiger partial charge in [-0.15, -0.1) is 0 Å². The van der Waals surface area contributed by atoms with Gasteiger partial charge >= 0.3 is 0 Å². The van der Waals surface area contributed by atoms with Crippen molar-refractivity contribution in [2.24, 2.45) is 5.41 Å². The molecule has 0 amide bonds. The second-order valence-electron chi connectivity index (χ2n) is 9.43. The van der Waals surface area contributed by atoms with E-state index in [1.165, 1.54) is 109 Å². The van der Waals surface area contributed by atoms with Crippen LogP contribution >= 0.6 is 0 Å². The first-order chi connectivity index (χ1) is 12.5. The second kappa shape index (κ2) is 18.1. The topological polar surface area (TPSA) is 17.1 Å². The summed E-state index contributed by atoms with van der Waals surface area (Å²) in [7, 11) is 0. The maximum Gasteiger partial charge on any atom is 0.138 e. The van der Waals surface area contributed by atoms with E-state index in [1.54, 1.807) is 0 Å². The first-order valence-electron chi connectivity index (χ1n) is 12.0. The third kappa shape index (κ3) is 18.5. The number of rotatable bonds is 19. The van der Waals surface area contributed by atoms with Crippen LogP contribution in [0.2, 0.25) is 0 Å². The summed E-state index contributed by atoms with van der Waals surface area (Å²) in [5, 5.41) is 0. The van der Waals surface area contributed by atoms with E-state index in [4.69, 9.17) is 0 Å². The molecule has 0 saturated carbocycles. The molecular formula is C25H50O. The average molecular weight is 367 g/mol. The van der Waals surface area contributed by atoms with Crippen molar-refractivity contribution in [3.8, 4) is 0 Å². The second-order valence-corrected chi connectivity index (χ2v) is 9.43. The first kappa shape index (κ1) is 25.7. The van der Waals surface area contributed by atoms with Crippen molar-refractivity contribution in [1.29, 1.82) is 0 Å². The molecular weight excluding hydrogens is 316 g/mol. The summed E-state index contributed by atoms with van der Waals surface area (Å²) in [6, 6.07) is 0. The molecule has 0 aliphatic carbocycles. The van der Waals surface area contributed by atoms with Crippen molar-refractivity contribution in [3.63, 3.8) is 0 Å². The Morgan fingerprint density at radius 1 is 0.500 bits per heavy atom. The van der Waals surface area contributed by atoms with Crippen LogP contribution in [0.1, 0.15) is 150 Å². The summed E-state index contributed by atoms with van der Waals surface area (Å²) in [6.07, 6.45) is 25.9. The standard InChI is InChI=1S/C25H50O/c1-5-6-7-8-9-10-11-12-13-14-15-16-17-18-19-20-21-22-23-24(26)25(2,3)4/h5-23H2,1-4H3. The summed E-state index contributed by atoms with van der Waals surface area (Å²) in [4.78, 5) is 11.8. The summed E-state index contributed by atoms with van der Waals surface area (Å²) in [5.74, 6) is 0.425. The minimum Gasteiger partial charge on any atom is -0.299 e. The highest BCUT2D eigenvalue weighted by molar-refractivity contribution is 5.83. The summed E-state index contributed by atoms with van der Waals surface area (Å²) in [5.41, 5.74) is -0.144. The van der Waals surface area contributed by atoms with E-state index in [0.29, 0.717) is 5.78 Å². The van der Waals surface area contributed by atoms with Gasteiger partial charge < -0.3 is 0 Å². The van der Waals surface area contributed by atoms with Crippen molar-refractivity contribution in [2.75, 3.05) is 0 Å². The Morgan fingerprint density at radius 2 is 0.769 bits per heavy atom. The third-order valence-electron chi connectivity index (χ3n) is 5.59. The minimum atomic E-state index is -0.144. The molecule has 0 spiro atoms. The van der Waals surface area contributed by atoms with E-state index in [2.05, 4.69) is 6.92 Å². The lowest BCUT2D eigenvalue weighted by atomic mass is 9.88. The number of ketones is 1. The zero-order valence-corrected chi connectivity index (χ0v) is 18.8. The highest BCUT2D eigenvalue weighted by Crippen LogP contribution is 2.19. The molecule has 156 valence electrons. The fourth-order valence-corrected chi connectivity index (χ4v) is 3.56. The lowest BCUT2D eigenvalue weighted by molar-refractivity contribution is -0.126. The number of Topliss-reactive ketones (excluding diaryl/α,β-unsaturated/α-hetero) is 1. The molecule has 1 nitrogen and oxygen atoms in total. The van der Waals surface area contributed by atoms with Crippen LogP contribution in [0, 0.1) is 5.41 Å². The fraction of sp³-hybridized carbons (Fsp3) is 0.960. The van der Waals surface area contributed by atoms with Crippen LogP contribution in [-0.4, -0.2) is 5.78 Å². The normalized spacial score (nSPS) is 11.8. The Labute approximate surface area is 166 Å². The molecule has 0 unspecified atom stereocenters. The number of unbranched alkanes of at least 4 members (excludes halogenated alkanes) is 17. The Balaban J connectivity index is 3.10. The summed E-state index contributed by atoms with van der Waals surface area (Å²) in [6.45, 7) is 8.39. The highest BCUT2D eigenvalue weighted by atomic mass is 16.1. The van der Waals surface area contributed by atoms with Gasteiger partial charge in [-0.3, -0.25) is 4.79 Å². The molecule has 0 aliphatic rings. The minimum absolute atomic E-state index is 0.144. The van der Waals surface area contributed by atoms with Gasteiger partial charge in [-0.05, 0) is 6.42 Å². The molecule has 0 bridgehead atoms. The molecule has 0 N–H and O–H groups in total. The van der Waals surface area contributed by atoms with Gasteiger partial charge in [-0.25, -0.2) is 0 Å². The van der Waals surface area contributed by atoms with E-state index in [-0.39, 0.29) is 5.41 Å². The molecule has 0 rings (SSSR count). The molecule has 1 heteroatoms. The average Bonchev–Trinajstić information content (AvgIpc) is 2.59. The maximum atomic E-state index is 11.8.